The number of amides is 1. The van der Waals surface area contributed by atoms with Crippen LogP contribution in [-0.2, 0) is 4.79 Å². The number of carbonyl (C=O) groups is 1. The molecule has 0 rings (SSSR count). The molecule has 0 saturated heterocycles. The van der Waals surface area contributed by atoms with Crippen molar-refractivity contribution in [2.45, 2.75) is 26.8 Å². The highest BCUT2D eigenvalue weighted by Gasteiger charge is 2.09. The van der Waals surface area contributed by atoms with E-state index in [9.17, 15) is 4.79 Å². The Labute approximate surface area is 91.1 Å². The summed E-state index contributed by atoms with van der Waals surface area (Å²) in [6, 6.07) is 0.181. The van der Waals surface area contributed by atoms with Gasteiger partial charge in [0.15, 0.2) is 0 Å². The summed E-state index contributed by atoms with van der Waals surface area (Å²) < 4.78 is 0. The smallest absolute Gasteiger partial charge is 0.234 e. The minimum Gasteiger partial charge on any atom is -0.353 e. The highest BCUT2D eigenvalue weighted by molar-refractivity contribution is 6.29. The number of nitrogens with zero attached hydrogens (tertiary/aromatic N) is 1. The maximum atomic E-state index is 11.4. The Morgan fingerprint density at radius 1 is 1.50 bits per heavy atom. The minimum absolute atomic E-state index is 0.0276. The Morgan fingerprint density at radius 3 is 2.43 bits per heavy atom. The van der Waals surface area contributed by atoms with E-state index in [0.29, 0.717) is 18.1 Å². The van der Waals surface area contributed by atoms with E-state index in [1.165, 1.54) is 0 Å². The normalized spacial score (nSPS) is 10.7. The maximum absolute atomic E-state index is 11.4. The molecule has 0 aliphatic rings. The largest absolute Gasteiger partial charge is 0.353 e. The van der Waals surface area contributed by atoms with E-state index in [4.69, 9.17) is 11.6 Å². The molecule has 0 bridgehead atoms. The molecule has 1 amide bonds. The SMILES string of the molecule is C=C(Cl)CN(CC)CC(=O)NC(C)C. The van der Waals surface area contributed by atoms with Crippen molar-refractivity contribution >= 4 is 17.5 Å². The third-order valence-corrected chi connectivity index (χ3v) is 1.78. The molecule has 4 heteroatoms. The van der Waals surface area contributed by atoms with Gasteiger partial charge in [0, 0.05) is 17.6 Å². The van der Waals surface area contributed by atoms with Crippen molar-refractivity contribution in [3.8, 4) is 0 Å². The first-order valence-corrected chi connectivity index (χ1v) is 5.18. The lowest BCUT2D eigenvalue weighted by atomic mass is 10.3. The van der Waals surface area contributed by atoms with Crippen LogP contribution in [0.2, 0.25) is 0 Å². The molecule has 0 spiro atoms. The highest BCUT2D eigenvalue weighted by Crippen LogP contribution is 2.00. The molecule has 0 aliphatic heterocycles. The molecule has 0 heterocycles. The van der Waals surface area contributed by atoms with E-state index in [-0.39, 0.29) is 11.9 Å². The molecular formula is C10H19ClN2O. The molecule has 0 aromatic carbocycles. The fraction of sp³-hybridized carbons (Fsp3) is 0.700. The molecule has 0 fully saturated rings. The summed E-state index contributed by atoms with van der Waals surface area (Å²) in [4.78, 5) is 13.3. The van der Waals surface area contributed by atoms with Crippen LogP contribution >= 0.6 is 11.6 Å². The van der Waals surface area contributed by atoms with Gasteiger partial charge < -0.3 is 5.32 Å². The Morgan fingerprint density at radius 2 is 2.07 bits per heavy atom. The Balaban J connectivity index is 3.92. The second-order valence-electron chi connectivity index (χ2n) is 3.54. The van der Waals surface area contributed by atoms with Crippen LogP contribution in [-0.4, -0.2) is 36.5 Å². The van der Waals surface area contributed by atoms with Crippen LogP contribution < -0.4 is 5.32 Å². The van der Waals surface area contributed by atoms with Gasteiger partial charge in [-0.1, -0.05) is 25.1 Å². The molecule has 14 heavy (non-hydrogen) atoms. The van der Waals surface area contributed by atoms with Crippen LogP contribution in [0.5, 0.6) is 0 Å². The minimum atomic E-state index is 0.0276. The van der Waals surface area contributed by atoms with Crippen LogP contribution in [0.25, 0.3) is 0 Å². The predicted octanol–water partition coefficient (Wildman–Crippen LogP) is 1.59. The van der Waals surface area contributed by atoms with Gasteiger partial charge in [-0.05, 0) is 20.4 Å². The summed E-state index contributed by atoms with van der Waals surface area (Å²) in [7, 11) is 0. The molecule has 0 aliphatic carbocycles. The number of rotatable bonds is 6. The van der Waals surface area contributed by atoms with E-state index in [0.717, 1.165) is 6.54 Å². The monoisotopic (exact) mass is 218 g/mol. The third kappa shape index (κ3) is 6.92. The second kappa shape index (κ2) is 6.85. The first-order chi connectivity index (χ1) is 6.45. The van der Waals surface area contributed by atoms with Crippen LogP contribution in [0, 0.1) is 0 Å². The molecule has 3 nitrogen and oxygen atoms in total. The summed E-state index contributed by atoms with van der Waals surface area (Å²) >= 11 is 5.67. The molecular weight excluding hydrogens is 200 g/mol. The van der Waals surface area contributed by atoms with Gasteiger partial charge >= 0.3 is 0 Å². The van der Waals surface area contributed by atoms with Crippen molar-refractivity contribution in [1.29, 1.82) is 0 Å². The van der Waals surface area contributed by atoms with E-state index in [1.54, 1.807) is 0 Å². The summed E-state index contributed by atoms with van der Waals surface area (Å²) in [5.74, 6) is 0.0276. The Kier molecular flexibility index (Phi) is 6.58. The molecule has 0 radical (unpaired) electrons. The van der Waals surface area contributed by atoms with Crippen molar-refractivity contribution in [2.75, 3.05) is 19.6 Å². The topological polar surface area (TPSA) is 32.3 Å². The van der Waals surface area contributed by atoms with E-state index < -0.39 is 0 Å². The van der Waals surface area contributed by atoms with Crippen molar-refractivity contribution < 1.29 is 4.79 Å². The van der Waals surface area contributed by atoms with Gasteiger partial charge in [-0.15, -0.1) is 0 Å². The Hall–Kier alpha value is -0.540. The maximum Gasteiger partial charge on any atom is 0.234 e. The molecule has 0 unspecified atom stereocenters. The quantitative estimate of drug-likeness (QED) is 0.735. The van der Waals surface area contributed by atoms with Gasteiger partial charge in [0.05, 0.1) is 6.54 Å². The van der Waals surface area contributed by atoms with Gasteiger partial charge in [0.1, 0.15) is 0 Å². The predicted molar refractivity (Wildman–Crippen MR) is 60.4 cm³/mol. The van der Waals surface area contributed by atoms with Crippen molar-refractivity contribution in [3.63, 3.8) is 0 Å². The van der Waals surface area contributed by atoms with Gasteiger partial charge in [-0.3, -0.25) is 9.69 Å². The zero-order valence-corrected chi connectivity index (χ0v) is 9.90. The zero-order chi connectivity index (χ0) is 11.1. The van der Waals surface area contributed by atoms with E-state index >= 15 is 0 Å². The summed E-state index contributed by atoms with van der Waals surface area (Å²) in [6.07, 6.45) is 0. The van der Waals surface area contributed by atoms with Gasteiger partial charge in [0.25, 0.3) is 0 Å². The summed E-state index contributed by atoms with van der Waals surface area (Å²) in [5.41, 5.74) is 0. The molecule has 1 N–H and O–H groups in total. The molecule has 0 aromatic heterocycles. The van der Waals surface area contributed by atoms with Gasteiger partial charge in [-0.25, -0.2) is 0 Å². The summed E-state index contributed by atoms with van der Waals surface area (Å²) in [5, 5.41) is 3.39. The lowest BCUT2D eigenvalue weighted by molar-refractivity contribution is -0.122. The number of likely N-dealkylation sites (N-methyl/N-ethyl adjacent to an activating group) is 1. The fourth-order valence-corrected chi connectivity index (χ4v) is 1.26. The number of nitrogens with one attached hydrogen (secondary N) is 1. The van der Waals surface area contributed by atoms with E-state index in [2.05, 4.69) is 11.9 Å². The summed E-state index contributed by atoms with van der Waals surface area (Å²) in [6.45, 7) is 11.2. The van der Waals surface area contributed by atoms with Crippen molar-refractivity contribution in [3.05, 3.63) is 11.6 Å². The van der Waals surface area contributed by atoms with Crippen molar-refractivity contribution in [1.82, 2.24) is 10.2 Å². The average Bonchev–Trinajstić information content (AvgIpc) is 2.00. The van der Waals surface area contributed by atoms with Crippen LogP contribution in [0.4, 0.5) is 0 Å². The fourth-order valence-electron chi connectivity index (χ4n) is 1.09. The lowest BCUT2D eigenvalue weighted by Crippen LogP contribution is -2.40. The molecule has 0 saturated carbocycles. The Bertz CT molecular complexity index is 204. The molecule has 0 atom stereocenters. The van der Waals surface area contributed by atoms with E-state index in [1.807, 2.05) is 25.7 Å². The van der Waals surface area contributed by atoms with Crippen molar-refractivity contribution in [2.24, 2.45) is 0 Å². The van der Waals surface area contributed by atoms with Gasteiger partial charge in [-0.2, -0.15) is 0 Å². The standard InChI is InChI=1S/C10H19ClN2O/c1-5-13(6-9(4)11)7-10(14)12-8(2)3/h8H,4-7H2,1-3H3,(H,12,14). The first kappa shape index (κ1) is 13.5. The molecule has 0 aromatic rings. The van der Waals surface area contributed by atoms with Gasteiger partial charge in [0.2, 0.25) is 5.91 Å². The average molecular weight is 219 g/mol. The third-order valence-electron chi connectivity index (χ3n) is 1.66. The number of hydrogen-bond acceptors (Lipinski definition) is 2. The first-order valence-electron chi connectivity index (χ1n) is 4.80. The number of halogens is 1. The lowest BCUT2D eigenvalue weighted by Gasteiger charge is -2.19. The number of carbonyl (C=O) groups excluding carboxylic acids is 1. The zero-order valence-electron chi connectivity index (χ0n) is 9.14. The van der Waals surface area contributed by atoms with Crippen LogP contribution in [0.3, 0.4) is 0 Å². The second-order valence-corrected chi connectivity index (χ2v) is 4.08. The highest BCUT2D eigenvalue weighted by atomic mass is 35.5. The molecule has 82 valence electrons. The van der Waals surface area contributed by atoms with Crippen LogP contribution in [0.1, 0.15) is 20.8 Å². The van der Waals surface area contributed by atoms with Crippen LogP contribution in [0.15, 0.2) is 11.6 Å². The number of hydrogen-bond donors (Lipinski definition) is 1.